The summed E-state index contributed by atoms with van der Waals surface area (Å²) in [6, 6.07) is 16.5. The fourth-order valence-corrected chi connectivity index (χ4v) is 2.47. The van der Waals surface area contributed by atoms with Gasteiger partial charge in [0.25, 0.3) is 0 Å². The summed E-state index contributed by atoms with van der Waals surface area (Å²) in [5, 5.41) is 0. The maximum Gasteiger partial charge on any atom is 0.143 e. The minimum absolute atomic E-state index is 0.0757. The number of ether oxygens (including phenoxy) is 1. The second kappa shape index (κ2) is 4.94. The van der Waals surface area contributed by atoms with Crippen molar-refractivity contribution in [2.24, 2.45) is 5.73 Å². The van der Waals surface area contributed by atoms with Crippen molar-refractivity contribution < 1.29 is 4.74 Å². The Hall–Kier alpha value is -2.00. The smallest absolute Gasteiger partial charge is 0.143 e. The topological polar surface area (TPSA) is 38.5 Å². The first kappa shape index (κ1) is 12.1. The molecule has 1 aliphatic rings. The zero-order chi connectivity index (χ0) is 13.2. The number of benzene rings is 2. The molecular weight excluding hydrogens is 236 g/mol. The third-order valence-electron chi connectivity index (χ3n) is 3.55. The molecule has 2 aromatic carbocycles. The van der Waals surface area contributed by atoms with Crippen molar-refractivity contribution in [3.8, 4) is 5.75 Å². The van der Waals surface area contributed by atoms with Crippen LogP contribution in [0.25, 0.3) is 0 Å². The molecule has 98 valence electrons. The maximum absolute atomic E-state index is 6.13. The highest BCUT2D eigenvalue weighted by atomic mass is 16.5. The van der Waals surface area contributed by atoms with Crippen molar-refractivity contribution >= 4 is 5.69 Å². The van der Waals surface area contributed by atoms with Crippen LogP contribution in [0.15, 0.2) is 48.5 Å². The molecule has 2 N–H and O–H groups in total. The monoisotopic (exact) mass is 254 g/mol. The summed E-state index contributed by atoms with van der Waals surface area (Å²) >= 11 is 0. The van der Waals surface area contributed by atoms with E-state index in [2.05, 4.69) is 36.2 Å². The van der Waals surface area contributed by atoms with E-state index in [0.717, 1.165) is 23.5 Å². The predicted molar refractivity (Wildman–Crippen MR) is 77.4 cm³/mol. The van der Waals surface area contributed by atoms with E-state index in [4.69, 9.17) is 10.5 Å². The van der Waals surface area contributed by atoms with Crippen LogP contribution in [0.3, 0.4) is 0 Å². The van der Waals surface area contributed by atoms with Gasteiger partial charge in [0.2, 0.25) is 0 Å². The largest absolute Gasteiger partial charge is 0.482 e. The van der Waals surface area contributed by atoms with Crippen LogP contribution in [0.5, 0.6) is 5.75 Å². The van der Waals surface area contributed by atoms with Crippen LogP contribution in [0, 0.1) is 0 Å². The maximum atomic E-state index is 6.13. The molecule has 0 radical (unpaired) electrons. The molecule has 3 rings (SSSR count). The van der Waals surface area contributed by atoms with Gasteiger partial charge in [0, 0.05) is 13.6 Å². The number of hydrogen-bond donors (Lipinski definition) is 1. The minimum Gasteiger partial charge on any atom is -0.482 e. The van der Waals surface area contributed by atoms with Gasteiger partial charge in [-0.15, -0.1) is 0 Å². The SMILES string of the molecule is CN1CC(c2ccccc2)Oc2cc(CN)ccc21. The molecule has 1 atom stereocenters. The lowest BCUT2D eigenvalue weighted by Gasteiger charge is -2.34. The van der Waals surface area contributed by atoms with Crippen LogP contribution >= 0.6 is 0 Å². The van der Waals surface area contributed by atoms with E-state index < -0.39 is 0 Å². The van der Waals surface area contributed by atoms with Crippen molar-refractivity contribution in [1.29, 1.82) is 0 Å². The zero-order valence-electron chi connectivity index (χ0n) is 11.0. The number of anilines is 1. The Morgan fingerprint density at radius 3 is 2.74 bits per heavy atom. The van der Waals surface area contributed by atoms with Gasteiger partial charge in [-0.2, -0.15) is 0 Å². The summed E-state index contributed by atoms with van der Waals surface area (Å²) in [5.41, 5.74) is 9.13. The second-order valence-corrected chi connectivity index (χ2v) is 4.90. The molecule has 2 aromatic rings. The molecule has 0 aliphatic carbocycles. The molecule has 3 heteroatoms. The van der Waals surface area contributed by atoms with E-state index in [1.165, 1.54) is 5.56 Å². The van der Waals surface area contributed by atoms with Gasteiger partial charge in [-0.1, -0.05) is 36.4 Å². The first-order valence-corrected chi connectivity index (χ1v) is 6.53. The number of nitrogens with two attached hydrogens (primary N) is 1. The second-order valence-electron chi connectivity index (χ2n) is 4.90. The molecule has 19 heavy (non-hydrogen) atoms. The van der Waals surface area contributed by atoms with Crippen LogP contribution in [0.1, 0.15) is 17.2 Å². The van der Waals surface area contributed by atoms with Crippen LogP contribution in [-0.2, 0) is 6.54 Å². The van der Waals surface area contributed by atoms with E-state index in [1.54, 1.807) is 0 Å². The van der Waals surface area contributed by atoms with Gasteiger partial charge in [0.15, 0.2) is 0 Å². The van der Waals surface area contributed by atoms with E-state index in [0.29, 0.717) is 6.54 Å². The van der Waals surface area contributed by atoms with Gasteiger partial charge >= 0.3 is 0 Å². The third kappa shape index (κ3) is 2.29. The van der Waals surface area contributed by atoms with E-state index in [1.807, 2.05) is 24.3 Å². The molecule has 0 saturated carbocycles. The van der Waals surface area contributed by atoms with E-state index in [9.17, 15) is 0 Å². The van der Waals surface area contributed by atoms with E-state index >= 15 is 0 Å². The molecule has 0 fully saturated rings. The van der Waals surface area contributed by atoms with Gasteiger partial charge in [0.1, 0.15) is 11.9 Å². The Morgan fingerprint density at radius 2 is 2.00 bits per heavy atom. The first-order valence-electron chi connectivity index (χ1n) is 6.53. The number of nitrogens with zero attached hydrogens (tertiary/aromatic N) is 1. The lowest BCUT2D eigenvalue weighted by Crippen LogP contribution is -2.32. The number of fused-ring (bicyclic) bond motifs is 1. The normalized spacial score (nSPS) is 17.8. The van der Waals surface area contributed by atoms with Crippen LogP contribution in [0.2, 0.25) is 0 Å². The summed E-state index contributed by atoms with van der Waals surface area (Å²) in [4.78, 5) is 2.23. The van der Waals surface area contributed by atoms with Crippen LogP contribution in [0.4, 0.5) is 5.69 Å². The Balaban J connectivity index is 1.94. The predicted octanol–water partition coefficient (Wildman–Crippen LogP) is 2.72. The lowest BCUT2D eigenvalue weighted by molar-refractivity contribution is 0.199. The minimum atomic E-state index is 0.0757. The molecule has 0 aromatic heterocycles. The molecule has 3 nitrogen and oxygen atoms in total. The third-order valence-corrected chi connectivity index (χ3v) is 3.55. The molecule has 1 heterocycles. The van der Waals surface area contributed by atoms with Crippen molar-refractivity contribution in [2.45, 2.75) is 12.6 Å². The summed E-state index contributed by atoms with van der Waals surface area (Å²) in [7, 11) is 2.10. The van der Waals surface area contributed by atoms with Crippen molar-refractivity contribution in [3.05, 3.63) is 59.7 Å². The zero-order valence-corrected chi connectivity index (χ0v) is 11.0. The van der Waals surface area contributed by atoms with Gasteiger partial charge in [-0.3, -0.25) is 0 Å². The molecule has 0 amide bonds. The Bertz CT molecular complexity index is 568. The Kier molecular flexibility index (Phi) is 3.13. The molecule has 1 unspecified atom stereocenters. The lowest BCUT2D eigenvalue weighted by atomic mass is 10.1. The van der Waals surface area contributed by atoms with E-state index in [-0.39, 0.29) is 6.10 Å². The highest BCUT2D eigenvalue weighted by Gasteiger charge is 2.24. The van der Waals surface area contributed by atoms with Gasteiger partial charge in [-0.25, -0.2) is 0 Å². The molecule has 0 spiro atoms. The fraction of sp³-hybridized carbons (Fsp3) is 0.250. The van der Waals surface area contributed by atoms with Crippen LogP contribution < -0.4 is 15.4 Å². The molecule has 0 bridgehead atoms. The summed E-state index contributed by atoms with van der Waals surface area (Å²) in [5.74, 6) is 0.922. The first-order chi connectivity index (χ1) is 9.28. The number of likely N-dealkylation sites (N-methyl/N-ethyl adjacent to an activating group) is 1. The quantitative estimate of drug-likeness (QED) is 0.895. The fourth-order valence-electron chi connectivity index (χ4n) is 2.47. The Labute approximate surface area is 113 Å². The van der Waals surface area contributed by atoms with Gasteiger partial charge in [0.05, 0.1) is 12.2 Å². The highest BCUT2D eigenvalue weighted by Crippen LogP contribution is 2.37. The van der Waals surface area contributed by atoms with Crippen molar-refractivity contribution in [3.63, 3.8) is 0 Å². The number of rotatable bonds is 2. The van der Waals surface area contributed by atoms with Gasteiger partial charge < -0.3 is 15.4 Å². The standard InChI is InChI=1S/C16H18N2O/c1-18-11-16(13-5-3-2-4-6-13)19-15-9-12(10-17)7-8-14(15)18/h2-9,16H,10-11,17H2,1H3. The van der Waals surface area contributed by atoms with Gasteiger partial charge in [-0.05, 0) is 23.3 Å². The van der Waals surface area contributed by atoms with Crippen LogP contribution in [-0.4, -0.2) is 13.6 Å². The molecule has 0 saturated heterocycles. The van der Waals surface area contributed by atoms with Crippen molar-refractivity contribution in [1.82, 2.24) is 0 Å². The molecular formula is C16H18N2O. The number of hydrogen-bond acceptors (Lipinski definition) is 3. The summed E-state index contributed by atoms with van der Waals surface area (Å²) < 4.78 is 6.13. The average Bonchev–Trinajstić information content (AvgIpc) is 2.47. The average molecular weight is 254 g/mol. The molecule has 1 aliphatic heterocycles. The summed E-state index contributed by atoms with van der Waals surface area (Å²) in [6.45, 7) is 1.40. The summed E-state index contributed by atoms with van der Waals surface area (Å²) in [6.07, 6.45) is 0.0757. The highest BCUT2D eigenvalue weighted by molar-refractivity contribution is 5.61. The van der Waals surface area contributed by atoms with Crippen molar-refractivity contribution in [2.75, 3.05) is 18.5 Å². The Morgan fingerprint density at radius 1 is 1.21 bits per heavy atom.